The fraction of sp³-hybridized carbons (Fsp3) is 0.500. The zero-order valence-corrected chi connectivity index (χ0v) is 11.8. The van der Waals surface area contributed by atoms with Gasteiger partial charge < -0.3 is 15.2 Å². The fourth-order valence-corrected chi connectivity index (χ4v) is 2.49. The summed E-state index contributed by atoms with van der Waals surface area (Å²) < 4.78 is 0. The molecular formula is C14H22N4O. The first-order valence-electron chi connectivity index (χ1n) is 6.56. The Kier molecular flexibility index (Phi) is 4.07. The van der Waals surface area contributed by atoms with Crippen LogP contribution in [-0.4, -0.2) is 48.9 Å². The van der Waals surface area contributed by atoms with Crippen molar-refractivity contribution in [1.82, 2.24) is 9.80 Å². The van der Waals surface area contributed by atoms with Gasteiger partial charge in [-0.05, 0) is 51.2 Å². The SMILES string of the molecule is Cc1cc(C(=O)N2CCC(N(C)C)C2)ccc1NN. The number of nitrogens with two attached hydrogens (primary N) is 1. The number of benzene rings is 1. The van der Waals surface area contributed by atoms with Crippen molar-refractivity contribution in [2.45, 2.75) is 19.4 Å². The molecule has 0 aliphatic carbocycles. The van der Waals surface area contributed by atoms with E-state index in [1.54, 1.807) is 0 Å². The third kappa shape index (κ3) is 2.88. The van der Waals surface area contributed by atoms with E-state index in [-0.39, 0.29) is 5.91 Å². The van der Waals surface area contributed by atoms with Gasteiger partial charge in [-0.3, -0.25) is 10.6 Å². The van der Waals surface area contributed by atoms with E-state index in [1.165, 1.54) is 0 Å². The molecule has 5 heteroatoms. The summed E-state index contributed by atoms with van der Waals surface area (Å²) in [5.74, 6) is 5.51. The molecule has 104 valence electrons. The van der Waals surface area contributed by atoms with Crippen LogP contribution in [0.5, 0.6) is 0 Å². The molecule has 1 amide bonds. The summed E-state index contributed by atoms with van der Waals surface area (Å²) in [5, 5.41) is 0. The topological polar surface area (TPSA) is 61.6 Å². The molecule has 5 nitrogen and oxygen atoms in total. The van der Waals surface area contributed by atoms with Crippen LogP contribution in [-0.2, 0) is 0 Å². The maximum Gasteiger partial charge on any atom is 0.253 e. The third-order valence-corrected chi connectivity index (χ3v) is 3.81. The number of nitrogen functional groups attached to an aromatic ring is 1. The molecule has 1 heterocycles. The summed E-state index contributed by atoms with van der Waals surface area (Å²) in [6, 6.07) is 6.03. The standard InChI is InChI=1S/C14H22N4O/c1-10-8-11(4-5-13(10)16-15)14(19)18-7-6-12(9-18)17(2)3/h4-5,8,12,16H,6-7,9,15H2,1-3H3. The van der Waals surface area contributed by atoms with Gasteiger partial charge in [0.05, 0.1) is 5.69 Å². The lowest BCUT2D eigenvalue weighted by Crippen LogP contribution is -2.34. The molecule has 0 aromatic heterocycles. The lowest BCUT2D eigenvalue weighted by atomic mass is 10.1. The number of anilines is 1. The van der Waals surface area contributed by atoms with E-state index >= 15 is 0 Å². The number of carbonyl (C=O) groups is 1. The van der Waals surface area contributed by atoms with Crippen LogP contribution >= 0.6 is 0 Å². The Morgan fingerprint density at radius 3 is 2.74 bits per heavy atom. The van der Waals surface area contributed by atoms with Crippen molar-refractivity contribution in [3.8, 4) is 0 Å². The molecule has 19 heavy (non-hydrogen) atoms. The van der Waals surface area contributed by atoms with Gasteiger partial charge in [-0.15, -0.1) is 0 Å². The molecule has 1 fully saturated rings. The summed E-state index contributed by atoms with van der Waals surface area (Å²) in [5.41, 5.74) is 5.19. The van der Waals surface area contributed by atoms with Gasteiger partial charge >= 0.3 is 0 Å². The Bertz CT molecular complexity index is 473. The molecule has 0 saturated carbocycles. The highest BCUT2D eigenvalue weighted by Crippen LogP contribution is 2.20. The first kappa shape index (κ1) is 13.8. The molecular weight excluding hydrogens is 240 g/mol. The van der Waals surface area contributed by atoms with Crippen molar-refractivity contribution in [2.75, 3.05) is 32.6 Å². The number of amides is 1. The monoisotopic (exact) mass is 262 g/mol. The predicted octanol–water partition coefficient (Wildman–Crippen LogP) is 1.06. The number of carbonyl (C=O) groups excluding carboxylic acids is 1. The quantitative estimate of drug-likeness (QED) is 0.631. The summed E-state index contributed by atoms with van der Waals surface area (Å²) >= 11 is 0. The van der Waals surface area contributed by atoms with E-state index in [9.17, 15) is 4.79 Å². The van der Waals surface area contributed by atoms with Crippen molar-refractivity contribution >= 4 is 11.6 Å². The van der Waals surface area contributed by atoms with Gasteiger partial charge in [0.2, 0.25) is 0 Å². The molecule has 2 rings (SSSR count). The van der Waals surface area contributed by atoms with Gasteiger partial charge in [-0.2, -0.15) is 0 Å². The fourth-order valence-electron chi connectivity index (χ4n) is 2.49. The van der Waals surface area contributed by atoms with Gasteiger partial charge in [0.25, 0.3) is 5.91 Å². The largest absolute Gasteiger partial charge is 0.337 e. The lowest BCUT2D eigenvalue weighted by Gasteiger charge is -2.20. The van der Waals surface area contributed by atoms with Crippen molar-refractivity contribution in [3.05, 3.63) is 29.3 Å². The number of aryl methyl sites for hydroxylation is 1. The van der Waals surface area contributed by atoms with Crippen molar-refractivity contribution in [3.63, 3.8) is 0 Å². The Morgan fingerprint density at radius 1 is 1.47 bits per heavy atom. The molecule has 1 aromatic carbocycles. The van der Waals surface area contributed by atoms with Crippen molar-refractivity contribution < 1.29 is 4.79 Å². The van der Waals surface area contributed by atoms with Crippen LogP contribution in [0.1, 0.15) is 22.3 Å². The van der Waals surface area contributed by atoms with E-state index in [2.05, 4.69) is 24.4 Å². The highest BCUT2D eigenvalue weighted by Gasteiger charge is 2.28. The Hall–Kier alpha value is -1.59. The van der Waals surface area contributed by atoms with E-state index in [0.29, 0.717) is 6.04 Å². The normalized spacial score (nSPS) is 19.0. The van der Waals surface area contributed by atoms with Crippen LogP contribution in [0.4, 0.5) is 5.69 Å². The molecule has 1 aromatic rings. The smallest absolute Gasteiger partial charge is 0.253 e. The third-order valence-electron chi connectivity index (χ3n) is 3.81. The van der Waals surface area contributed by atoms with E-state index in [0.717, 1.165) is 36.3 Å². The highest BCUT2D eigenvalue weighted by molar-refractivity contribution is 5.95. The molecule has 1 atom stereocenters. The number of nitrogens with one attached hydrogen (secondary N) is 1. The number of nitrogens with zero attached hydrogens (tertiary/aromatic N) is 2. The van der Waals surface area contributed by atoms with Gasteiger partial charge in [0.1, 0.15) is 0 Å². The number of rotatable bonds is 3. The molecule has 1 aliphatic heterocycles. The maximum atomic E-state index is 12.4. The number of hydrogen-bond donors (Lipinski definition) is 2. The molecule has 0 radical (unpaired) electrons. The number of likely N-dealkylation sites (tertiary alicyclic amines) is 1. The van der Waals surface area contributed by atoms with E-state index < -0.39 is 0 Å². The zero-order valence-electron chi connectivity index (χ0n) is 11.8. The number of likely N-dealkylation sites (N-methyl/N-ethyl adjacent to an activating group) is 1. The second kappa shape index (κ2) is 5.59. The minimum absolute atomic E-state index is 0.107. The van der Waals surface area contributed by atoms with Crippen LogP contribution in [0.2, 0.25) is 0 Å². The summed E-state index contributed by atoms with van der Waals surface area (Å²) in [4.78, 5) is 16.5. The minimum atomic E-state index is 0.107. The van der Waals surface area contributed by atoms with E-state index in [1.807, 2.05) is 30.0 Å². The Labute approximate surface area is 114 Å². The van der Waals surface area contributed by atoms with Crippen LogP contribution in [0.25, 0.3) is 0 Å². The summed E-state index contributed by atoms with van der Waals surface area (Å²) in [6.07, 6.45) is 1.04. The second-order valence-corrected chi connectivity index (χ2v) is 5.33. The summed E-state index contributed by atoms with van der Waals surface area (Å²) in [6.45, 7) is 3.58. The molecule has 0 spiro atoms. The first-order chi connectivity index (χ1) is 9.02. The van der Waals surface area contributed by atoms with Gasteiger partial charge in [-0.1, -0.05) is 0 Å². The van der Waals surface area contributed by atoms with Crippen molar-refractivity contribution in [2.24, 2.45) is 5.84 Å². The lowest BCUT2D eigenvalue weighted by molar-refractivity contribution is 0.0783. The Balaban J connectivity index is 2.10. The number of hydrogen-bond acceptors (Lipinski definition) is 4. The molecule has 3 N–H and O–H groups in total. The maximum absolute atomic E-state index is 12.4. The van der Waals surface area contributed by atoms with Crippen molar-refractivity contribution in [1.29, 1.82) is 0 Å². The molecule has 1 unspecified atom stereocenters. The van der Waals surface area contributed by atoms with Gasteiger partial charge in [-0.25, -0.2) is 0 Å². The van der Waals surface area contributed by atoms with Crippen LogP contribution < -0.4 is 11.3 Å². The van der Waals surface area contributed by atoms with Crippen LogP contribution in [0, 0.1) is 6.92 Å². The van der Waals surface area contributed by atoms with Crippen LogP contribution in [0.15, 0.2) is 18.2 Å². The first-order valence-corrected chi connectivity index (χ1v) is 6.56. The average molecular weight is 262 g/mol. The minimum Gasteiger partial charge on any atom is -0.337 e. The molecule has 0 bridgehead atoms. The second-order valence-electron chi connectivity index (χ2n) is 5.33. The molecule has 1 saturated heterocycles. The summed E-state index contributed by atoms with van der Waals surface area (Å²) in [7, 11) is 4.12. The zero-order chi connectivity index (χ0) is 14.0. The van der Waals surface area contributed by atoms with Gasteiger partial charge in [0.15, 0.2) is 0 Å². The Morgan fingerprint density at radius 2 is 2.21 bits per heavy atom. The highest BCUT2D eigenvalue weighted by atomic mass is 16.2. The van der Waals surface area contributed by atoms with E-state index in [4.69, 9.17) is 5.84 Å². The van der Waals surface area contributed by atoms with Gasteiger partial charge in [0, 0.05) is 24.7 Å². The average Bonchev–Trinajstić information content (AvgIpc) is 2.87. The van der Waals surface area contributed by atoms with Crippen LogP contribution in [0.3, 0.4) is 0 Å². The molecule has 1 aliphatic rings. The predicted molar refractivity (Wildman–Crippen MR) is 77.0 cm³/mol. The number of hydrazine groups is 1.